The lowest BCUT2D eigenvalue weighted by Crippen LogP contribution is -2.05. The molecule has 0 aliphatic rings. The van der Waals surface area contributed by atoms with Gasteiger partial charge in [0.15, 0.2) is 0 Å². The van der Waals surface area contributed by atoms with Crippen LogP contribution < -0.4 is 5.32 Å². The first kappa shape index (κ1) is 14.4. The maximum absolute atomic E-state index is 11.0. The van der Waals surface area contributed by atoms with Crippen molar-refractivity contribution in [2.75, 3.05) is 5.32 Å². The fraction of sp³-hybridized carbons (Fsp3) is 0.188. The molecule has 0 unspecified atom stereocenters. The summed E-state index contributed by atoms with van der Waals surface area (Å²) in [6.07, 6.45) is 0. The summed E-state index contributed by atoms with van der Waals surface area (Å²) >= 11 is 5.85. The van der Waals surface area contributed by atoms with Crippen molar-refractivity contribution in [1.29, 1.82) is 0 Å². The van der Waals surface area contributed by atoms with Gasteiger partial charge >= 0.3 is 5.97 Å². The van der Waals surface area contributed by atoms with Gasteiger partial charge in [-0.25, -0.2) is 4.79 Å². The number of benzene rings is 2. The Balaban J connectivity index is 2.19. The molecule has 3 nitrogen and oxygen atoms in total. The lowest BCUT2D eigenvalue weighted by molar-refractivity contribution is 0.0697. The molecule has 0 heterocycles. The summed E-state index contributed by atoms with van der Waals surface area (Å²) in [7, 11) is 0. The molecule has 0 spiro atoms. The van der Waals surface area contributed by atoms with Crippen LogP contribution in [-0.2, 0) is 6.54 Å². The standard InChI is InChI=1S/C16H16ClNO2/c1-10-4-3-5-11(2)14(10)9-18-12-6-7-15(17)13(8-12)16(19)20/h3-8,18H,9H2,1-2H3,(H,19,20). The molecule has 2 rings (SSSR count). The minimum atomic E-state index is -1.02. The summed E-state index contributed by atoms with van der Waals surface area (Å²) < 4.78 is 0. The van der Waals surface area contributed by atoms with E-state index in [1.807, 2.05) is 6.07 Å². The Hall–Kier alpha value is -2.00. The van der Waals surface area contributed by atoms with Crippen molar-refractivity contribution >= 4 is 23.3 Å². The number of carbonyl (C=O) groups is 1. The van der Waals surface area contributed by atoms with E-state index in [4.69, 9.17) is 16.7 Å². The van der Waals surface area contributed by atoms with Crippen LogP contribution in [0.5, 0.6) is 0 Å². The molecule has 2 aromatic rings. The fourth-order valence-electron chi connectivity index (χ4n) is 2.12. The quantitative estimate of drug-likeness (QED) is 0.884. The molecular formula is C16H16ClNO2. The van der Waals surface area contributed by atoms with Gasteiger partial charge in [-0.3, -0.25) is 0 Å². The molecule has 2 aromatic carbocycles. The number of halogens is 1. The van der Waals surface area contributed by atoms with Crippen LogP contribution in [0.4, 0.5) is 5.69 Å². The molecular weight excluding hydrogens is 274 g/mol. The zero-order valence-corrected chi connectivity index (χ0v) is 12.2. The first-order chi connectivity index (χ1) is 9.49. The Labute approximate surface area is 123 Å². The zero-order chi connectivity index (χ0) is 14.7. The highest BCUT2D eigenvalue weighted by atomic mass is 35.5. The predicted molar refractivity (Wildman–Crippen MR) is 81.7 cm³/mol. The average Bonchev–Trinajstić information content (AvgIpc) is 2.39. The van der Waals surface area contributed by atoms with Crippen LogP contribution >= 0.6 is 11.6 Å². The number of carboxylic acids is 1. The second kappa shape index (κ2) is 5.97. The van der Waals surface area contributed by atoms with E-state index in [9.17, 15) is 4.79 Å². The normalized spacial score (nSPS) is 10.3. The van der Waals surface area contributed by atoms with Crippen LogP contribution in [0.2, 0.25) is 5.02 Å². The van der Waals surface area contributed by atoms with Crippen molar-refractivity contribution in [3.05, 3.63) is 63.7 Å². The van der Waals surface area contributed by atoms with Gasteiger partial charge in [-0.1, -0.05) is 29.8 Å². The van der Waals surface area contributed by atoms with Crippen LogP contribution in [-0.4, -0.2) is 11.1 Å². The molecule has 0 aliphatic carbocycles. The van der Waals surface area contributed by atoms with Gasteiger partial charge in [-0.2, -0.15) is 0 Å². The molecule has 0 aromatic heterocycles. The third-order valence-electron chi connectivity index (χ3n) is 3.31. The third kappa shape index (κ3) is 3.11. The second-order valence-electron chi connectivity index (χ2n) is 4.72. The Kier molecular flexibility index (Phi) is 4.30. The molecule has 0 fully saturated rings. The highest BCUT2D eigenvalue weighted by Gasteiger charge is 2.09. The van der Waals surface area contributed by atoms with Gasteiger partial charge in [-0.15, -0.1) is 0 Å². The van der Waals surface area contributed by atoms with E-state index < -0.39 is 5.97 Å². The number of hydrogen-bond acceptors (Lipinski definition) is 2. The van der Waals surface area contributed by atoms with Gasteiger partial charge in [0.2, 0.25) is 0 Å². The van der Waals surface area contributed by atoms with Crippen molar-refractivity contribution in [2.24, 2.45) is 0 Å². The van der Waals surface area contributed by atoms with Gasteiger partial charge in [-0.05, 0) is 48.7 Å². The lowest BCUT2D eigenvalue weighted by Gasteiger charge is -2.12. The second-order valence-corrected chi connectivity index (χ2v) is 5.13. The predicted octanol–water partition coefficient (Wildman–Crippen LogP) is 4.27. The molecule has 0 aliphatic heterocycles. The maximum Gasteiger partial charge on any atom is 0.337 e. The molecule has 104 valence electrons. The third-order valence-corrected chi connectivity index (χ3v) is 3.64. The van der Waals surface area contributed by atoms with Gasteiger partial charge in [0, 0.05) is 12.2 Å². The molecule has 0 amide bonds. The smallest absolute Gasteiger partial charge is 0.337 e. The van der Waals surface area contributed by atoms with E-state index in [0.29, 0.717) is 6.54 Å². The van der Waals surface area contributed by atoms with Crippen LogP contribution in [0.15, 0.2) is 36.4 Å². The topological polar surface area (TPSA) is 49.3 Å². The monoisotopic (exact) mass is 289 g/mol. The van der Waals surface area contributed by atoms with Crippen molar-refractivity contribution in [3.63, 3.8) is 0 Å². The molecule has 0 saturated carbocycles. The number of anilines is 1. The number of aromatic carboxylic acids is 1. The van der Waals surface area contributed by atoms with Crippen LogP contribution in [0.25, 0.3) is 0 Å². The van der Waals surface area contributed by atoms with Crippen LogP contribution in [0, 0.1) is 13.8 Å². The minimum absolute atomic E-state index is 0.109. The Bertz CT molecular complexity index is 633. The largest absolute Gasteiger partial charge is 0.478 e. The van der Waals surface area contributed by atoms with Crippen molar-refractivity contribution in [2.45, 2.75) is 20.4 Å². The maximum atomic E-state index is 11.0. The van der Waals surface area contributed by atoms with E-state index in [2.05, 4.69) is 31.3 Å². The van der Waals surface area contributed by atoms with Gasteiger partial charge < -0.3 is 10.4 Å². The van der Waals surface area contributed by atoms with E-state index in [1.165, 1.54) is 16.7 Å². The first-order valence-electron chi connectivity index (χ1n) is 6.31. The van der Waals surface area contributed by atoms with Crippen molar-refractivity contribution in [3.8, 4) is 0 Å². The van der Waals surface area contributed by atoms with Gasteiger partial charge in [0.25, 0.3) is 0 Å². The number of carboxylic acid groups (broad SMARTS) is 1. The first-order valence-corrected chi connectivity index (χ1v) is 6.68. The molecule has 0 atom stereocenters. The van der Waals surface area contributed by atoms with Crippen LogP contribution in [0.3, 0.4) is 0 Å². The highest BCUT2D eigenvalue weighted by Crippen LogP contribution is 2.22. The number of nitrogens with one attached hydrogen (secondary N) is 1. The molecule has 2 N–H and O–H groups in total. The van der Waals surface area contributed by atoms with Gasteiger partial charge in [0.05, 0.1) is 10.6 Å². The lowest BCUT2D eigenvalue weighted by atomic mass is 10.0. The molecule has 0 bridgehead atoms. The highest BCUT2D eigenvalue weighted by molar-refractivity contribution is 6.33. The van der Waals surface area contributed by atoms with Crippen LogP contribution in [0.1, 0.15) is 27.0 Å². The summed E-state index contributed by atoms with van der Waals surface area (Å²) in [5, 5.41) is 12.5. The summed E-state index contributed by atoms with van der Waals surface area (Å²) in [4.78, 5) is 11.0. The van der Waals surface area contributed by atoms with E-state index in [-0.39, 0.29) is 10.6 Å². The summed E-state index contributed by atoms with van der Waals surface area (Å²) in [5.41, 5.74) is 4.50. The summed E-state index contributed by atoms with van der Waals surface area (Å²) in [6, 6.07) is 11.1. The minimum Gasteiger partial charge on any atom is -0.478 e. The fourth-order valence-corrected chi connectivity index (χ4v) is 2.32. The summed E-state index contributed by atoms with van der Waals surface area (Å²) in [6.45, 7) is 4.78. The number of hydrogen-bond donors (Lipinski definition) is 2. The zero-order valence-electron chi connectivity index (χ0n) is 11.4. The van der Waals surface area contributed by atoms with Gasteiger partial charge in [0.1, 0.15) is 0 Å². The Morgan fingerprint density at radius 3 is 2.45 bits per heavy atom. The molecule has 0 radical (unpaired) electrons. The van der Waals surface area contributed by atoms with E-state index in [1.54, 1.807) is 18.2 Å². The Morgan fingerprint density at radius 1 is 1.20 bits per heavy atom. The average molecular weight is 290 g/mol. The number of rotatable bonds is 4. The summed E-state index contributed by atoms with van der Waals surface area (Å²) in [5.74, 6) is -1.02. The van der Waals surface area contributed by atoms with E-state index in [0.717, 1.165) is 5.69 Å². The van der Waals surface area contributed by atoms with Crippen molar-refractivity contribution < 1.29 is 9.90 Å². The molecule has 20 heavy (non-hydrogen) atoms. The van der Waals surface area contributed by atoms with Crippen molar-refractivity contribution in [1.82, 2.24) is 0 Å². The number of aryl methyl sites for hydroxylation is 2. The molecule has 0 saturated heterocycles. The molecule has 4 heteroatoms. The van der Waals surface area contributed by atoms with E-state index >= 15 is 0 Å². The SMILES string of the molecule is Cc1cccc(C)c1CNc1ccc(Cl)c(C(=O)O)c1. The Morgan fingerprint density at radius 2 is 1.85 bits per heavy atom.